The minimum Gasteiger partial charge on any atom is -0.346 e. The van der Waals surface area contributed by atoms with Gasteiger partial charge in [0, 0.05) is 19.4 Å². The first-order valence-electron chi connectivity index (χ1n) is 7.74. The highest BCUT2D eigenvalue weighted by Crippen LogP contribution is 2.32. The van der Waals surface area contributed by atoms with Gasteiger partial charge in [0.1, 0.15) is 5.82 Å². The Kier molecular flexibility index (Phi) is 5.64. The molecule has 7 heteroatoms. The maximum atomic E-state index is 13.0. The second-order valence-electron chi connectivity index (χ2n) is 5.64. The van der Waals surface area contributed by atoms with Gasteiger partial charge in [-0.15, -0.1) is 0 Å². The van der Waals surface area contributed by atoms with Gasteiger partial charge in [0.05, 0.1) is 18.0 Å². The quantitative estimate of drug-likeness (QED) is 0.873. The number of aromatic nitrogens is 2. The average molecular weight is 339 g/mol. The van der Waals surface area contributed by atoms with Gasteiger partial charge in [0.2, 0.25) is 5.91 Å². The first kappa shape index (κ1) is 18.0. The second kappa shape index (κ2) is 7.51. The normalized spacial score (nSPS) is 12.9. The highest BCUT2D eigenvalue weighted by atomic mass is 19.4. The summed E-state index contributed by atoms with van der Waals surface area (Å²) in [6.45, 7) is 1.97. The van der Waals surface area contributed by atoms with Crippen LogP contribution < -0.4 is 5.32 Å². The van der Waals surface area contributed by atoms with Gasteiger partial charge < -0.3 is 9.88 Å². The summed E-state index contributed by atoms with van der Waals surface area (Å²) < 4.78 is 40.8. The molecule has 0 fully saturated rings. The molecule has 24 heavy (non-hydrogen) atoms. The topological polar surface area (TPSA) is 46.9 Å². The molecule has 0 radical (unpaired) electrons. The SMILES string of the molecule is CCC[C@@H](NC(=O)Cc1ccccc1C(F)(F)F)c1nccn1C. The summed E-state index contributed by atoms with van der Waals surface area (Å²) in [5.41, 5.74) is -0.804. The highest BCUT2D eigenvalue weighted by molar-refractivity contribution is 5.79. The molecule has 4 nitrogen and oxygen atoms in total. The van der Waals surface area contributed by atoms with E-state index in [1.807, 2.05) is 14.0 Å². The van der Waals surface area contributed by atoms with Crippen LogP contribution in [0.1, 0.15) is 42.8 Å². The van der Waals surface area contributed by atoms with Gasteiger partial charge in [-0.2, -0.15) is 13.2 Å². The first-order valence-corrected chi connectivity index (χ1v) is 7.74. The fraction of sp³-hybridized carbons (Fsp3) is 0.412. The maximum absolute atomic E-state index is 13.0. The van der Waals surface area contributed by atoms with Gasteiger partial charge >= 0.3 is 6.18 Å². The van der Waals surface area contributed by atoms with Gasteiger partial charge in [-0.05, 0) is 18.1 Å². The molecule has 0 saturated carbocycles. The molecule has 0 saturated heterocycles. The van der Waals surface area contributed by atoms with Crippen LogP contribution in [-0.4, -0.2) is 15.5 Å². The number of nitrogens with zero attached hydrogens (tertiary/aromatic N) is 2. The third kappa shape index (κ3) is 4.37. The van der Waals surface area contributed by atoms with Crippen LogP contribution >= 0.6 is 0 Å². The molecule has 1 amide bonds. The molecule has 1 heterocycles. The Labute approximate surface area is 138 Å². The van der Waals surface area contributed by atoms with Crippen LogP contribution in [0.3, 0.4) is 0 Å². The number of carbonyl (C=O) groups is 1. The van der Waals surface area contributed by atoms with Crippen LogP contribution in [-0.2, 0) is 24.4 Å². The van der Waals surface area contributed by atoms with Gasteiger partial charge in [0.25, 0.3) is 0 Å². The van der Waals surface area contributed by atoms with E-state index in [1.165, 1.54) is 18.2 Å². The van der Waals surface area contributed by atoms with Crippen molar-refractivity contribution in [1.82, 2.24) is 14.9 Å². The van der Waals surface area contributed by atoms with Gasteiger partial charge in [-0.1, -0.05) is 31.5 Å². The molecule has 2 aromatic rings. The summed E-state index contributed by atoms with van der Waals surface area (Å²) in [5, 5.41) is 2.80. The lowest BCUT2D eigenvalue weighted by Crippen LogP contribution is -2.32. The van der Waals surface area contributed by atoms with Gasteiger partial charge in [-0.25, -0.2) is 4.98 Å². The Bertz CT molecular complexity index is 694. The monoisotopic (exact) mass is 339 g/mol. The van der Waals surface area contributed by atoms with E-state index in [4.69, 9.17) is 0 Å². The van der Waals surface area contributed by atoms with E-state index in [0.717, 1.165) is 12.5 Å². The first-order chi connectivity index (χ1) is 11.3. The predicted molar refractivity (Wildman–Crippen MR) is 84.1 cm³/mol. The zero-order chi connectivity index (χ0) is 17.7. The van der Waals surface area contributed by atoms with E-state index < -0.39 is 17.6 Å². The van der Waals surface area contributed by atoms with E-state index >= 15 is 0 Å². The van der Waals surface area contributed by atoms with Crippen molar-refractivity contribution in [2.45, 2.75) is 38.4 Å². The number of carbonyl (C=O) groups excluding carboxylic acids is 1. The third-order valence-electron chi connectivity index (χ3n) is 3.76. The Hall–Kier alpha value is -2.31. The number of halogens is 3. The summed E-state index contributed by atoms with van der Waals surface area (Å²) in [7, 11) is 1.82. The summed E-state index contributed by atoms with van der Waals surface area (Å²) in [6.07, 6.45) is 0.0837. The molecule has 1 aromatic carbocycles. The Morgan fingerprint density at radius 2 is 2.04 bits per heavy atom. The summed E-state index contributed by atoms with van der Waals surface area (Å²) in [5.74, 6) is 0.238. The standard InChI is InChI=1S/C17H20F3N3O/c1-3-6-14(16-21-9-10-23(16)2)22-15(24)11-12-7-4-5-8-13(12)17(18,19)20/h4-5,7-10,14H,3,6,11H2,1-2H3,(H,22,24)/t14-/m1/s1. The van der Waals surface area contributed by atoms with Crippen LogP contribution in [0.4, 0.5) is 13.2 Å². The number of benzene rings is 1. The molecule has 0 aliphatic carbocycles. The van der Waals surface area contributed by atoms with Crippen molar-refractivity contribution < 1.29 is 18.0 Å². The number of hydrogen-bond donors (Lipinski definition) is 1. The zero-order valence-electron chi connectivity index (χ0n) is 13.6. The Balaban J connectivity index is 2.14. The third-order valence-corrected chi connectivity index (χ3v) is 3.76. The minimum absolute atomic E-state index is 0.0300. The largest absolute Gasteiger partial charge is 0.416 e. The molecule has 1 atom stereocenters. The van der Waals surface area contributed by atoms with E-state index in [-0.39, 0.29) is 18.0 Å². The van der Waals surface area contributed by atoms with Crippen LogP contribution in [0.15, 0.2) is 36.7 Å². The van der Waals surface area contributed by atoms with Crippen molar-refractivity contribution in [1.29, 1.82) is 0 Å². The van der Waals surface area contributed by atoms with Gasteiger partial charge in [-0.3, -0.25) is 4.79 Å². The number of amides is 1. The van der Waals surface area contributed by atoms with Crippen LogP contribution in [0.5, 0.6) is 0 Å². The van der Waals surface area contributed by atoms with Crippen molar-refractivity contribution in [3.05, 3.63) is 53.6 Å². The van der Waals surface area contributed by atoms with Crippen molar-refractivity contribution in [2.24, 2.45) is 7.05 Å². The lowest BCUT2D eigenvalue weighted by Gasteiger charge is -2.19. The van der Waals surface area contributed by atoms with Crippen molar-refractivity contribution in [3.8, 4) is 0 Å². The van der Waals surface area contributed by atoms with Crippen molar-refractivity contribution >= 4 is 5.91 Å². The highest BCUT2D eigenvalue weighted by Gasteiger charge is 2.33. The summed E-state index contributed by atoms with van der Waals surface area (Å²) in [6, 6.07) is 4.82. The smallest absolute Gasteiger partial charge is 0.346 e. The molecule has 0 spiro atoms. The molecule has 0 unspecified atom stereocenters. The Morgan fingerprint density at radius 3 is 2.62 bits per heavy atom. The molecular weight excluding hydrogens is 319 g/mol. The lowest BCUT2D eigenvalue weighted by atomic mass is 10.0. The number of imidazole rings is 1. The van der Waals surface area contributed by atoms with E-state index in [1.54, 1.807) is 17.0 Å². The number of hydrogen-bond acceptors (Lipinski definition) is 2. The van der Waals surface area contributed by atoms with Crippen molar-refractivity contribution in [3.63, 3.8) is 0 Å². The lowest BCUT2D eigenvalue weighted by molar-refractivity contribution is -0.138. The van der Waals surface area contributed by atoms with Crippen LogP contribution in [0, 0.1) is 0 Å². The second-order valence-corrected chi connectivity index (χ2v) is 5.64. The molecule has 0 aliphatic rings. The predicted octanol–water partition coefficient (Wildman–Crippen LogP) is 3.64. The zero-order valence-corrected chi connectivity index (χ0v) is 13.6. The summed E-state index contributed by atoms with van der Waals surface area (Å²) in [4.78, 5) is 16.5. The van der Waals surface area contributed by atoms with Gasteiger partial charge in [0.15, 0.2) is 0 Å². The molecule has 1 aromatic heterocycles. The molecule has 1 N–H and O–H groups in total. The number of aryl methyl sites for hydroxylation is 1. The Morgan fingerprint density at radius 1 is 1.33 bits per heavy atom. The number of nitrogens with one attached hydrogen (secondary N) is 1. The maximum Gasteiger partial charge on any atom is 0.416 e. The van der Waals surface area contributed by atoms with Crippen LogP contribution in [0.25, 0.3) is 0 Å². The van der Waals surface area contributed by atoms with Crippen LogP contribution in [0.2, 0.25) is 0 Å². The van der Waals surface area contributed by atoms with Crippen molar-refractivity contribution in [2.75, 3.05) is 0 Å². The fourth-order valence-corrected chi connectivity index (χ4v) is 2.64. The number of alkyl halides is 3. The molecule has 2 rings (SSSR count). The molecular formula is C17H20F3N3O. The van der Waals surface area contributed by atoms with E-state index in [9.17, 15) is 18.0 Å². The summed E-state index contributed by atoms with van der Waals surface area (Å²) >= 11 is 0. The minimum atomic E-state index is -4.47. The number of rotatable bonds is 6. The molecule has 0 bridgehead atoms. The molecule has 130 valence electrons. The molecule has 0 aliphatic heterocycles. The van der Waals surface area contributed by atoms with E-state index in [0.29, 0.717) is 12.2 Å². The average Bonchev–Trinajstić information content (AvgIpc) is 2.92. The van der Waals surface area contributed by atoms with E-state index in [2.05, 4.69) is 10.3 Å². The fourth-order valence-electron chi connectivity index (χ4n) is 2.64.